The number of aryl methyl sites for hydroxylation is 2. The highest BCUT2D eigenvalue weighted by Gasteiger charge is 2.32. The van der Waals surface area contributed by atoms with Gasteiger partial charge in [-0.2, -0.15) is 5.10 Å². The maximum absolute atomic E-state index is 12.3. The van der Waals surface area contributed by atoms with Crippen LogP contribution in [-0.4, -0.2) is 44.9 Å². The summed E-state index contributed by atoms with van der Waals surface area (Å²) in [6, 6.07) is -0.0891. The van der Waals surface area contributed by atoms with Crippen LogP contribution in [0.2, 0.25) is 5.02 Å². The minimum absolute atomic E-state index is 0.000191. The Kier molecular flexibility index (Phi) is 3.40. The minimum atomic E-state index is -0.144. The topological polar surface area (TPSA) is 58.4 Å². The minimum Gasteiger partial charge on any atom is -0.394 e. The van der Waals surface area contributed by atoms with Crippen molar-refractivity contribution in [2.75, 3.05) is 13.2 Å². The number of hydrogen-bond acceptors (Lipinski definition) is 3. The number of carbonyl (C=O) groups excluding carboxylic acids is 1. The SMILES string of the molecule is Cc1nn(C)c(C(=O)N2CCC[C@H]2CO)c1Cl. The van der Waals surface area contributed by atoms with Crippen molar-refractivity contribution in [2.24, 2.45) is 7.05 Å². The molecule has 1 fully saturated rings. The van der Waals surface area contributed by atoms with E-state index in [-0.39, 0.29) is 18.6 Å². The molecule has 1 aliphatic heterocycles. The molecular formula is C11H16ClN3O2. The van der Waals surface area contributed by atoms with E-state index >= 15 is 0 Å². The third-order valence-corrected chi connectivity index (χ3v) is 3.65. The Morgan fingerprint density at radius 2 is 2.35 bits per heavy atom. The highest BCUT2D eigenvalue weighted by atomic mass is 35.5. The van der Waals surface area contributed by atoms with Gasteiger partial charge in [0.25, 0.3) is 5.91 Å². The quantitative estimate of drug-likeness (QED) is 0.859. The highest BCUT2D eigenvalue weighted by Crippen LogP contribution is 2.25. The van der Waals surface area contributed by atoms with Gasteiger partial charge in [-0.15, -0.1) is 0 Å². The first kappa shape index (κ1) is 12.4. The molecule has 1 saturated heterocycles. The van der Waals surface area contributed by atoms with Crippen LogP contribution in [-0.2, 0) is 7.05 Å². The van der Waals surface area contributed by atoms with Gasteiger partial charge >= 0.3 is 0 Å². The lowest BCUT2D eigenvalue weighted by atomic mass is 10.2. The fraction of sp³-hybridized carbons (Fsp3) is 0.636. The monoisotopic (exact) mass is 257 g/mol. The van der Waals surface area contributed by atoms with Gasteiger partial charge in [0.05, 0.1) is 23.4 Å². The molecule has 1 aromatic rings. The number of aliphatic hydroxyl groups excluding tert-OH is 1. The third-order valence-electron chi connectivity index (χ3n) is 3.20. The molecule has 1 amide bonds. The third kappa shape index (κ3) is 2.05. The average Bonchev–Trinajstić information content (AvgIpc) is 2.84. The molecule has 17 heavy (non-hydrogen) atoms. The number of aromatic nitrogens is 2. The maximum atomic E-state index is 12.3. The van der Waals surface area contributed by atoms with E-state index in [9.17, 15) is 9.90 Å². The van der Waals surface area contributed by atoms with Crippen molar-refractivity contribution < 1.29 is 9.90 Å². The Morgan fingerprint density at radius 3 is 2.88 bits per heavy atom. The number of hydrogen-bond donors (Lipinski definition) is 1. The average molecular weight is 258 g/mol. The molecule has 1 N–H and O–H groups in total. The second-order valence-corrected chi connectivity index (χ2v) is 4.73. The predicted octanol–water partition coefficient (Wildman–Crippen LogP) is 0.979. The molecule has 0 aliphatic carbocycles. The Labute approximate surface area is 105 Å². The predicted molar refractivity (Wildman–Crippen MR) is 64.1 cm³/mol. The van der Waals surface area contributed by atoms with Crippen LogP contribution in [0.5, 0.6) is 0 Å². The summed E-state index contributed by atoms with van der Waals surface area (Å²) in [4.78, 5) is 14.0. The number of amides is 1. The van der Waals surface area contributed by atoms with E-state index < -0.39 is 0 Å². The summed E-state index contributed by atoms with van der Waals surface area (Å²) < 4.78 is 1.51. The lowest BCUT2D eigenvalue weighted by molar-refractivity contribution is 0.0667. The lowest BCUT2D eigenvalue weighted by Gasteiger charge is -2.23. The van der Waals surface area contributed by atoms with Crippen molar-refractivity contribution in [3.05, 3.63) is 16.4 Å². The van der Waals surface area contributed by atoms with Crippen LogP contribution in [0.25, 0.3) is 0 Å². The summed E-state index contributed by atoms with van der Waals surface area (Å²) in [5.74, 6) is -0.144. The molecule has 0 bridgehead atoms. The molecule has 0 radical (unpaired) electrons. The fourth-order valence-electron chi connectivity index (χ4n) is 2.29. The van der Waals surface area contributed by atoms with Crippen LogP contribution in [0.3, 0.4) is 0 Å². The van der Waals surface area contributed by atoms with E-state index in [4.69, 9.17) is 11.6 Å². The summed E-state index contributed by atoms with van der Waals surface area (Å²) in [6.07, 6.45) is 1.77. The molecule has 5 nitrogen and oxygen atoms in total. The zero-order valence-corrected chi connectivity index (χ0v) is 10.7. The van der Waals surface area contributed by atoms with E-state index in [0.29, 0.717) is 23.0 Å². The van der Waals surface area contributed by atoms with Gasteiger partial charge in [0, 0.05) is 13.6 Å². The molecule has 6 heteroatoms. The zero-order valence-electron chi connectivity index (χ0n) is 9.98. The molecule has 2 heterocycles. The molecule has 1 atom stereocenters. The van der Waals surface area contributed by atoms with E-state index in [0.717, 1.165) is 12.8 Å². The van der Waals surface area contributed by atoms with E-state index in [1.165, 1.54) is 4.68 Å². The first-order valence-electron chi connectivity index (χ1n) is 5.67. The van der Waals surface area contributed by atoms with Gasteiger partial charge in [-0.25, -0.2) is 0 Å². The van der Waals surface area contributed by atoms with Gasteiger partial charge in [-0.05, 0) is 19.8 Å². The van der Waals surface area contributed by atoms with Crippen molar-refractivity contribution >= 4 is 17.5 Å². The first-order valence-corrected chi connectivity index (χ1v) is 6.05. The van der Waals surface area contributed by atoms with Gasteiger partial charge < -0.3 is 10.0 Å². The normalized spacial score (nSPS) is 20.0. The van der Waals surface area contributed by atoms with Crippen LogP contribution >= 0.6 is 11.6 Å². The summed E-state index contributed by atoms with van der Waals surface area (Å²) in [5, 5.41) is 13.8. The van der Waals surface area contributed by atoms with Gasteiger partial charge in [-0.1, -0.05) is 11.6 Å². The Balaban J connectivity index is 2.31. The molecule has 2 rings (SSSR count). The number of halogens is 1. The second-order valence-electron chi connectivity index (χ2n) is 4.35. The summed E-state index contributed by atoms with van der Waals surface area (Å²) in [5.41, 5.74) is 1.06. The highest BCUT2D eigenvalue weighted by molar-refractivity contribution is 6.34. The lowest BCUT2D eigenvalue weighted by Crippen LogP contribution is -2.38. The number of nitrogens with zero attached hydrogens (tertiary/aromatic N) is 3. The van der Waals surface area contributed by atoms with Crippen LogP contribution < -0.4 is 0 Å². The summed E-state index contributed by atoms with van der Waals surface area (Å²) in [6.45, 7) is 2.44. The van der Waals surface area contributed by atoms with Crippen molar-refractivity contribution in [1.82, 2.24) is 14.7 Å². The van der Waals surface area contributed by atoms with E-state index in [1.54, 1.807) is 18.9 Å². The van der Waals surface area contributed by atoms with Crippen LogP contribution in [0.1, 0.15) is 29.0 Å². The zero-order chi connectivity index (χ0) is 12.6. The van der Waals surface area contributed by atoms with Crippen molar-refractivity contribution in [3.63, 3.8) is 0 Å². The number of carbonyl (C=O) groups is 1. The summed E-state index contributed by atoms with van der Waals surface area (Å²) in [7, 11) is 1.70. The van der Waals surface area contributed by atoms with E-state index in [1.807, 2.05) is 0 Å². The molecular weight excluding hydrogens is 242 g/mol. The second kappa shape index (κ2) is 4.66. The number of aliphatic hydroxyl groups is 1. The maximum Gasteiger partial charge on any atom is 0.274 e. The number of rotatable bonds is 2. The van der Waals surface area contributed by atoms with Crippen LogP contribution in [0.15, 0.2) is 0 Å². The molecule has 0 unspecified atom stereocenters. The standard InChI is InChI=1S/C11H16ClN3O2/c1-7-9(12)10(14(2)13-7)11(17)15-5-3-4-8(15)6-16/h8,16H,3-6H2,1-2H3/t8-/m0/s1. The van der Waals surface area contributed by atoms with E-state index in [2.05, 4.69) is 5.10 Å². The smallest absolute Gasteiger partial charge is 0.274 e. The van der Waals surface area contributed by atoms with Gasteiger partial charge in [-0.3, -0.25) is 9.48 Å². The molecule has 0 spiro atoms. The Bertz CT molecular complexity index is 444. The Hall–Kier alpha value is -1.07. The van der Waals surface area contributed by atoms with Crippen molar-refractivity contribution in [2.45, 2.75) is 25.8 Å². The molecule has 0 saturated carbocycles. The number of likely N-dealkylation sites (tertiary alicyclic amines) is 1. The largest absolute Gasteiger partial charge is 0.394 e. The van der Waals surface area contributed by atoms with Crippen molar-refractivity contribution in [1.29, 1.82) is 0 Å². The molecule has 0 aromatic carbocycles. The fourth-order valence-corrected chi connectivity index (χ4v) is 2.53. The van der Waals surface area contributed by atoms with Crippen LogP contribution in [0.4, 0.5) is 0 Å². The molecule has 94 valence electrons. The molecule has 1 aliphatic rings. The summed E-state index contributed by atoms with van der Waals surface area (Å²) >= 11 is 6.08. The first-order chi connectivity index (χ1) is 8.06. The van der Waals surface area contributed by atoms with Gasteiger partial charge in [0.1, 0.15) is 5.69 Å². The van der Waals surface area contributed by atoms with Crippen molar-refractivity contribution in [3.8, 4) is 0 Å². The van der Waals surface area contributed by atoms with Crippen LogP contribution in [0, 0.1) is 6.92 Å². The molecule has 1 aromatic heterocycles. The van der Waals surface area contributed by atoms with Gasteiger partial charge in [0.15, 0.2) is 0 Å². The van der Waals surface area contributed by atoms with Gasteiger partial charge in [0.2, 0.25) is 0 Å². The Morgan fingerprint density at radius 1 is 1.65 bits per heavy atom.